The van der Waals surface area contributed by atoms with Gasteiger partial charge in [-0.3, -0.25) is 8.42 Å². The Morgan fingerprint density at radius 3 is 1.20 bits per heavy atom. The van der Waals surface area contributed by atoms with Gasteiger partial charge in [-0.15, -0.1) is 0 Å². The Morgan fingerprint density at radius 2 is 0.951 bits per heavy atom. The molecular weight excluding hydrogens is 548 g/mol. The monoisotopic (exact) mass is 592 g/mol. The van der Waals surface area contributed by atoms with Gasteiger partial charge in [-0.05, 0) is 13.8 Å². The summed E-state index contributed by atoms with van der Waals surface area (Å²) < 4.78 is 45.9. The van der Waals surface area contributed by atoms with Crippen molar-refractivity contribution < 1.29 is 45.6 Å². The van der Waals surface area contributed by atoms with E-state index in [1.165, 1.54) is 11.1 Å². The highest BCUT2D eigenvalue weighted by Crippen LogP contribution is 2.10. The third-order valence-electron chi connectivity index (χ3n) is 5.46. The molecule has 2 aromatic rings. The van der Waals surface area contributed by atoms with Crippen molar-refractivity contribution in [1.29, 1.82) is 0 Å². The minimum atomic E-state index is -5.17. The maximum Gasteiger partial charge on any atom is 0.333 e. The number of hydrogen-bond acceptors (Lipinski definition) is 8. The van der Waals surface area contributed by atoms with Crippen LogP contribution in [0, 0.1) is 0 Å². The zero-order chi connectivity index (χ0) is 31.7. The Morgan fingerprint density at radius 1 is 0.683 bits per heavy atom. The van der Waals surface area contributed by atoms with Crippen molar-refractivity contribution in [1.82, 2.24) is 0 Å². The molecular formula is C30H44N2O8S. The molecule has 0 fully saturated rings. The molecule has 41 heavy (non-hydrogen) atoms. The highest BCUT2D eigenvalue weighted by molar-refractivity contribution is 7.79. The molecule has 0 saturated carbocycles. The number of nitrogens with zero attached hydrogens (tertiary/aromatic N) is 2. The topological polar surface area (TPSA) is 133 Å². The van der Waals surface area contributed by atoms with Crippen LogP contribution >= 0.6 is 0 Å². The number of likely N-dealkylation sites (N-methyl/N-ethyl adjacent to an activating group) is 2. The molecule has 0 N–H and O–H groups in total. The smallest absolute Gasteiger partial charge is 0.333 e. The van der Waals surface area contributed by atoms with E-state index in [-0.39, 0.29) is 11.9 Å². The second-order valence-corrected chi connectivity index (χ2v) is 11.7. The Balaban J connectivity index is 0.000000671. The van der Waals surface area contributed by atoms with Crippen LogP contribution in [0.3, 0.4) is 0 Å². The Bertz CT molecular complexity index is 1120. The number of ether oxygens (including phenoxy) is 2. The minimum Gasteiger partial charge on any atom is -0.759 e. The van der Waals surface area contributed by atoms with Gasteiger partial charge in [-0.25, -0.2) is 9.59 Å². The number of carbonyl (C=O) groups is 2. The summed E-state index contributed by atoms with van der Waals surface area (Å²) in [6, 6.07) is 20.6. The molecule has 0 saturated heterocycles. The van der Waals surface area contributed by atoms with Gasteiger partial charge in [-0.2, -0.15) is 0 Å². The summed E-state index contributed by atoms with van der Waals surface area (Å²) >= 11 is 0. The highest BCUT2D eigenvalue weighted by Gasteiger charge is 2.17. The molecule has 10 nitrogen and oxygen atoms in total. The first-order chi connectivity index (χ1) is 18.8. The highest BCUT2D eigenvalue weighted by atomic mass is 32.3. The number of carbonyl (C=O) groups excluding carboxylic acids is 2. The van der Waals surface area contributed by atoms with E-state index in [1.54, 1.807) is 13.8 Å². The van der Waals surface area contributed by atoms with E-state index < -0.39 is 10.4 Å². The van der Waals surface area contributed by atoms with Crippen LogP contribution in [0.25, 0.3) is 0 Å². The summed E-state index contributed by atoms with van der Waals surface area (Å²) in [4.78, 5) is 22.5. The van der Waals surface area contributed by atoms with Crippen molar-refractivity contribution in [2.24, 2.45) is 0 Å². The molecule has 0 aliphatic rings. The van der Waals surface area contributed by atoms with Gasteiger partial charge >= 0.3 is 11.9 Å². The van der Waals surface area contributed by atoms with Gasteiger partial charge < -0.3 is 27.5 Å². The number of quaternary nitrogens is 2. The van der Waals surface area contributed by atoms with Gasteiger partial charge in [0.25, 0.3) is 0 Å². The van der Waals surface area contributed by atoms with Gasteiger partial charge in [0.05, 0.1) is 28.2 Å². The van der Waals surface area contributed by atoms with Crippen molar-refractivity contribution in [3.8, 4) is 0 Å². The summed E-state index contributed by atoms with van der Waals surface area (Å²) in [5.41, 5.74) is 3.47. The predicted octanol–water partition coefficient (Wildman–Crippen LogP) is 3.43. The van der Waals surface area contributed by atoms with Crippen LogP contribution in [0.15, 0.2) is 85.0 Å². The number of esters is 2. The first kappa shape index (κ1) is 37.6. The van der Waals surface area contributed by atoms with Crippen LogP contribution in [0.1, 0.15) is 25.0 Å². The molecule has 11 heteroatoms. The molecule has 228 valence electrons. The summed E-state index contributed by atoms with van der Waals surface area (Å²) in [7, 11) is 3.34. The largest absolute Gasteiger partial charge is 0.759 e. The fourth-order valence-corrected chi connectivity index (χ4v) is 3.33. The summed E-state index contributed by atoms with van der Waals surface area (Å²) in [6.45, 7) is 14.7. The lowest BCUT2D eigenvalue weighted by molar-refractivity contribution is -0.903. The molecule has 0 radical (unpaired) electrons. The molecule has 0 spiro atoms. The van der Waals surface area contributed by atoms with Crippen LogP contribution in [0.2, 0.25) is 0 Å². The number of benzene rings is 2. The Kier molecular flexibility index (Phi) is 16.7. The molecule has 2 aromatic carbocycles. The van der Waals surface area contributed by atoms with Crippen LogP contribution < -0.4 is 0 Å². The van der Waals surface area contributed by atoms with Crippen molar-refractivity contribution in [2.45, 2.75) is 26.9 Å². The second-order valence-electron chi connectivity index (χ2n) is 10.8. The standard InChI is InChI=1S/2C15H22NO2.H2O4S/c2*1-13(2)15(17)18-11-10-16(3,4)12-14-8-6-5-7-9-14;1-5(2,3)4/h2*5-9H,1,10-12H2,2-4H3;(H2,1,2,3,4)/q2*+1;/p-2. The van der Waals surface area contributed by atoms with E-state index in [1.807, 2.05) is 36.4 Å². The molecule has 0 unspecified atom stereocenters. The Labute approximate surface area is 245 Å². The van der Waals surface area contributed by atoms with E-state index in [9.17, 15) is 9.59 Å². The van der Waals surface area contributed by atoms with Crippen LogP contribution in [0.4, 0.5) is 0 Å². The summed E-state index contributed by atoms with van der Waals surface area (Å²) in [6.07, 6.45) is 0. The number of rotatable bonds is 12. The third-order valence-corrected chi connectivity index (χ3v) is 5.46. The summed E-state index contributed by atoms with van der Waals surface area (Å²) in [5, 5.41) is 0. The predicted molar refractivity (Wildman–Crippen MR) is 156 cm³/mol. The minimum absolute atomic E-state index is 0.310. The van der Waals surface area contributed by atoms with E-state index in [0.717, 1.165) is 35.1 Å². The van der Waals surface area contributed by atoms with Crippen LogP contribution in [0.5, 0.6) is 0 Å². The van der Waals surface area contributed by atoms with Crippen molar-refractivity contribution in [2.75, 3.05) is 54.5 Å². The van der Waals surface area contributed by atoms with Crippen molar-refractivity contribution >= 4 is 22.3 Å². The normalized spacial score (nSPS) is 11.1. The second kappa shape index (κ2) is 18.2. The molecule has 0 heterocycles. The third kappa shape index (κ3) is 22.1. The van der Waals surface area contributed by atoms with Gasteiger partial charge in [0.15, 0.2) is 0 Å². The van der Waals surface area contributed by atoms with E-state index in [4.69, 9.17) is 27.0 Å². The molecule has 0 atom stereocenters. The van der Waals surface area contributed by atoms with Gasteiger partial charge in [-0.1, -0.05) is 73.8 Å². The SMILES string of the molecule is C=C(C)C(=O)OCC[N+](C)(C)Cc1ccccc1.C=C(C)C(=O)OCC[N+](C)(C)Cc1ccccc1.O=S(=O)([O-])[O-]. The first-order valence-corrected chi connectivity index (χ1v) is 14.2. The molecule has 2 rings (SSSR count). The van der Waals surface area contributed by atoms with E-state index >= 15 is 0 Å². The lowest BCUT2D eigenvalue weighted by Gasteiger charge is -2.29. The zero-order valence-electron chi connectivity index (χ0n) is 25.0. The van der Waals surface area contributed by atoms with Gasteiger partial charge in [0.1, 0.15) is 39.4 Å². The molecule has 0 amide bonds. The number of hydrogen-bond donors (Lipinski definition) is 0. The average molecular weight is 593 g/mol. The lowest BCUT2D eigenvalue weighted by Crippen LogP contribution is -2.41. The zero-order valence-corrected chi connectivity index (χ0v) is 25.8. The van der Waals surface area contributed by atoms with E-state index in [0.29, 0.717) is 24.4 Å². The Hall–Kier alpha value is -3.35. The van der Waals surface area contributed by atoms with Crippen LogP contribution in [-0.2, 0) is 42.6 Å². The molecule has 0 aliphatic carbocycles. The quantitative estimate of drug-likeness (QED) is 0.120. The first-order valence-electron chi connectivity index (χ1n) is 12.8. The summed E-state index contributed by atoms with van der Waals surface area (Å²) in [5.74, 6) is -0.621. The van der Waals surface area contributed by atoms with Crippen LogP contribution in [-0.4, -0.2) is 92.9 Å². The van der Waals surface area contributed by atoms with Gasteiger partial charge in [0, 0.05) is 32.7 Å². The van der Waals surface area contributed by atoms with E-state index in [2.05, 4.69) is 65.6 Å². The van der Waals surface area contributed by atoms with Gasteiger partial charge in [0.2, 0.25) is 0 Å². The van der Waals surface area contributed by atoms with Crippen molar-refractivity contribution in [3.63, 3.8) is 0 Å². The molecule has 0 aromatic heterocycles. The van der Waals surface area contributed by atoms with Crippen molar-refractivity contribution in [3.05, 3.63) is 96.1 Å². The fourth-order valence-electron chi connectivity index (χ4n) is 3.33. The molecule has 0 aliphatic heterocycles. The lowest BCUT2D eigenvalue weighted by atomic mass is 10.2. The average Bonchev–Trinajstić information content (AvgIpc) is 2.83. The maximum absolute atomic E-state index is 11.3. The maximum atomic E-state index is 11.3. The fraction of sp³-hybridized carbons (Fsp3) is 0.400. The molecule has 0 bridgehead atoms.